The van der Waals surface area contributed by atoms with Crippen molar-refractivity contribution in [1.82, 2.24) is 4.90 Å². The van der Waals surface area contributed by atoms with Gasteiger partial charge >= 0.3 is 0 Å². The fourth-order valence-electron chi connectivity index (χ4n) is 2.42. The molecule has 0 aliphatic carbocycles. The first-order chi connectivity index (χ1) is 10.9. The summed E-state index contributed by atoms with van der Waals surface area (Å²) in [6.07, 6.45) is 0. The van der Waals surface area contributed by atoms with Crippen LogP contribution < -0.4 is 0 Å². The highest BCUT2D eigenvalue weighted by Gasteiger charge is 2.40. The van der Waals surface area contributed by atoms with Crippen molar-refractivity contribution in [3.8, 4) is 0 Å². The Balaban J connectivity index is 1.71. The number of rotatable bonds is 3. The maximum absolute atomic E-state index is 12.9. The van der Waals surface area contributed by atoms with E-state index < -0.39 is 20.9 Å². The van der Waals surface area contributed by atoms with E-state index in [0.29, 0.717) is 10.6 Å². The summed E-state index contributed by atoms with van der Waals surface area (Å²) in [5, 5.41) is -0.219. The number of amides is 1. The first-order valence-corrected chi connectivity index (χ1v) is 8.84. The molecular weight excluding hydrogens is 341 g/mol. The van der Waals surface area contributed by atoms with Crippen LogP contribution in [0.1, 0.15) is 10.4 Å². The summed E-state index contributed by atoms with van der Waals surface area (Å²) < 4.78 is 37.7. The topological polar surface area (TPSA) is 54.5 Å². The molecule has 3 rings (SSSR count). The van der Waals surface area contributed by atoms with Gasteiger partial charge in [0.2, 0.25) is 0 Å². The summed E-state index contributed by atoms with van der Waals surface area (Å²) in [6, 6.07) is 11.2. The summed E-state index contributed by atoms with van der Waals surface area (Å²) in [5.74, 6) is -0.742. The molecule has 120 valence electrons. The molecule has 0 spiro atoms. The number of nitrogens with zero attached hydrogens (tertiary/aromatic N) is 1. The summed E-state index contributed by atoms with van der Waals surface area (Å²) in [4.78, 5) is 13.8. The van der Waals surface area contributed by atoms with Crippen LogP contribution >= 0.6 is 11.6 Å². The number of hydrogen-bond acceptors (Lipinski definition) is 3. The van der Waals surface area contributed by atoms with Gasteiger partial charge in [0.15, 0.2) is 9.84 Å². The average molecular weight is 354 g/mol. The molecular formula is C16H13ClFNO3S. The molecule has 2 aromatic carbocycles. The number of carbonyl (C=O) groups is 1. The van der Waals surface area contributed by atoms with Crippen LogP contribution in [0.25, 0.3) is 0 Å². The molecule has 4 nitrogen and oxygen atoms in total. The van der Waals surface area contributed by atoms with Crippen LogP contribution in [0, 0.1) is 5.82 Å². The van der Waals surface area contributed by atoms with Gasteiger partial charge in [0.05, 0.1) is 4.90 Å². The van der Waals surface area contributed by atoms with Crippen molar-refractivity contribution in [3.63, 3.8) is 0 Å². The molecule has 0 bridgehead atoms. The van der Waals surface area contributed by atoms with E-state index in [1.807, 2.05) is 0 Å². The molecule has 1 aliphatic heterocycles. The van der Waals surface area contributed by atoms with Crippen LogP contribution in [0.15, 0.2) is 53.4 Å². The second-order valence-corrected chi connectivity index (χ2v) is 8.01. The van der Waals surface area contributed by atoms with Gasteiger partial charge in [-0.15, -0.1) is 0 Å². The van der Waals surface area contributed by atoms with Crippen LogP contribution in [0.4, 0.5) is 4.39 Å². The molecule has 7 heteroatoms. The number of sulfone groups is 1. The highest BCUT2D eigenvalue weighted by atomic mass is 35.5. The quantitative estimate of drug-likeness (QED) is 0.797. The van der Waals surface area contributed by atoms with E-state index in [1.165, 1.54) is 17.0 Å². The molecule has 0 atom stereocenters. The molecule has 1 fully saturated rings. The standard InChI is InChI=1S/C16H13ClFNO3S/c17-12-3-1-2-11(8-12)16(20)19-9-15(10-19)23(21,22)14-6-4-13(18)5-7-14/h1-8,15H,9-10H2. The van der Waals surface area contributed by atoms with Crippen molar-refractivity contribution >= 4 is 27.3 Å². The Bertz CT molecular complexity index is 846. The van der Waals surface area contributed by atoms with Crippen molar-refractivity contribution in [2.45, 2.75) is 10.1 Å². The van der Waals surface area contributed by atoms with Gasteiger partial charge < -0.3 is 4.90 Å². The van der Waals surface area contributed by atoms with Gasteiger partial charge in [-0.25, -0.2) is 12.8 Å². The SMILES string of the molecule is O=C(c1cccc(Cl)c1)N1CC(S(=O)(=O)c2ccc(F)cc2)C1. The number of likely N-dealkylation sites (tertiary alicyclic amines) is 1. The zero-order valence-electron chi connectivity index (χ0n) is 11.9. The van der Waals surface area contributed by atoms with E-state index in [2.05, 4.69) is 0 Å². The normalized spacial score (nSPS) is 15.3. The molecule has 0 N–H and O–H groups in total. The lowest BCUT2D eigenvalue weighted by Crippen LogP contribution is -2.56. The summed E-state index contributed by atoms with van der Waals surface area (Å²) in [5.41, 5.74) is 0.426. The van der Waals surface area contributed by atoms with Crippen LogP contribution in [0.2, 0.25) is 5.02 Å². The Morgan fingerprint density at radius 1 is 1.13 bits per heavy atom. The predicted molar refractivity (Wildman–Crippen MR) is 84.7 cm³/mol. The zero-order valence-corrected chi connectivity index (χ0v) is 13.5. The Hall–Kier alpha value is -1.92. The van der Waals surface area contributed by atoms with Crippen molar-refractivity contribution in [3.05, 3.63) is 64.9 Å². The third kappa shape index (κ3) is 3.09. The number of carbonyl (C=O) groups excluding carboxylic acids is 1. The molecule has 2 aromatic rings. The Kier molecular flexibility index (Phi) is 4.12. The first-order valence-electron chi connectivity index (χ1n) is 6.92. The fraction of sp³-hybridized carbons (Fsp3) is 0.188. The highest BCUT2D eigenvalue weighted by Crippen LogP contribution is 2.25. The highest BCUT2D eigenvalue weighted by molar-refractivity contribution is 7.92. The molecule has 1 saturated heterocycles. The molecule has 0 aromatic heterocycles. The molecule has 0 unspecified atom stereocenters. The number of benzene rings is 2. The lowest BCUT2D eigenvalue weighted by Gasteiger charge is -2.38. The summed E-state index contributed by atoms with van der Waals surface area (Å²) in [7, 11) is -3.56. The minimum Gasteiger partial charge on any atom is -0.336 e. The number of hydrogen-bond donors (Lipinski definition) is 0. The molecule has 1 aliphatic rings. The van der Waals surface area contributed by atoms with E-state index in [-0.39, 0.29) is 23.9 Å². The predicted octanol–water partition coefficient (Wildman–Crippen LogP) is 2.78. The van der Waals surface area contributed by atoms with Crippen molar-refractivity contribution in [1.29, 1.82) is 0 Å². The van der Waals surface area contributed by atoms with Gasteiger partial charge in [0.25, 0.3) is 5.91 Å². The maximum atomic E-state index is 12.9. The van der Waals surface area contributed by atoms with Crippen molar-refractivity contribution < 1.29 is 17.6 Å². The minimum atomic E-state index is -3.56. The molecule has 1 amide bonds. The largest absolute Gasteiger partial charge is 0.336 e. The smallest absolute Gasteiger partial charge is 0.253 e. The fourth-order valence-corrected chi connectivity index (χ4v) is 4.26. The maximum Gasteiger partial charge on any atom is 0.253 e. The van der Waals surface area contributed by atoms with E-state index in [1.54, 1.807) is 24.3 Å². The van der Waals surface area contributed by atoms with Crippen LogP contribution in [0.5, 0.6) is 0 Å². The van der Waals surface area contributed by atoms with Crippen LogP contribution in [0.3, 0.4) is 0 Å². The Morgan fingerprint density at radius 2 is 1.78 bits per heavy atom. The Labute approximate surface area is 138 Å². The molecule has 0 radical (unpaired) electrons. The van der Waals surface area contributed by atoms with E-state index >= 15 is 0 Å². The van der Waals surface area contributed by atoms with Crippen LogP contribution in [-0.2, 0) is 9.84 Å². The van der Waals surface area contributed by atoms with Crippen molar-refractivity contribution in [2.75, 3.05) is 13.1 Å². The second kappa shape index (κ2) is 5.94. The van der Waals surface area contributed by atoms with Gasteiger partial charge in [-0.1, -0.05) is 17.7 Å². The van der Waals surface area contributed by atoms with Crippen molar-refractivity contribution in [2.24, 2.45) is 0 Å². The van der Waals surface area contributed by atoms with Gasteiger partial charge in [-0.2, -0.15) is 0 Å². The lowest BCUT2D eigenvalue weighted by atomic mass is 10.1. The first kappa shape index (κ1) is 16.0. The summed E-state index contributed by atoms with van der Waals surface area (Å²) >= 11 is 5.85. The number of halogens is 2. The lowest BCUT2D eigenvalue weighted by molar-refractivity contribution is 0.0659. The third-order valence-electron chi connectivity index (χ3n) is 3.79. The second-order valence-electron chi connectivity index (χ2n) is 5.34. The minimum absolute atomic E-state index is 0.0683. The van der Waals surface area contributed by atoms with Gasteiger partial charge in [0.1, 0.15) is 11.1 Å². The zero-order chi connectivity index (χ0) is 16.6. The van der Waals surface area contributed by atoms with Gasteiger partial charge in [-0.05, 0) is 42.5 Å². The third-order valence-corrected chi connectivity index (χ3v) is 6.13. The van der Waals surface area contributed by atoms with Crippen LogP contribution in [-0.4, -0.2) is 37.6 Å². The molecule has 0 saturated carbocycles. The summed E-state index contributed by atoms with van der Waals surface area (Å²) in [6.45, 7) is 0.232. The average Bonchev–Trinajstić information content (AvgIpc) is 2.45. The Morgan fingerprint density at radius 3 is 2.39 bits per heavy atom. The molecule has 23 heavy (non-hydrogen) atoms. The van der Waals surface area contributed by atoms with E-state index in [4.69, 9.17) is 11.6 Å². The van der Waals surface area contributed by atoms with Gasteiger partial charge in [0, 0.05) is 23.7 Å². The molecule has 1 heterocycles. The van der Waals surface area contributed by atoms with Gasteiger partial charge in [-0.3, -0.25) is 4.79 Å². The monoisotopic (exact) mass is 353 g/mol. The van der Waals surface area contributed by atoms with E-state index in [0.717, 1.165) is 12.1 Å². The van der Waals surface area contributed by atoms with E-state index in [9.17, 15) is 17.6 Å².